The van der Waals surface area contributed by atoms with Crippen LogP contribution < -0.4 is 10.4 Å². The van der Waals surface area contributed by atoms with Gasteiger partial charge in [0.15, 0.2) is 18.1 Å². The van der Waals surface area contributed by atoms with Gasteiger partial charge in [0, 0.05) is 51.9 Å². The van der Waals surface area contributed by atoms with E-state index < -0.39 is 38.3 Å². The highest BCUT2D eigenvalue weighted by Gasteiger charge is 2.60. The first-order valence-electron chi connectivity index (χ1n) is 18.0. The molecule has 0 aliphatic carbocycles. The molecule has 0 bridgehead atoms. The van der Waals surface area contributed by atoms with Crippen molar-refractivity contribution in [2.45, 2.75) is 123 Å². The van der Waals surface area contributed by atoms with E-state index in [1.165, 1.54) is 31.9 Å². The van der Waals surface area contributed by atoms with Crippen LogP contribution in [0.1, 0.15) is 94.4 Å². The molecule has 3 rings (SSSR count). The molecule has 0 saturated carbocycles. The van der Waals surface area contributed by atoms with Gasteiger partial charge in [0.2, 0.25) is 5.91 Å². The molecule has 2 aromatic carbocycles. The Bertz CT molecular complexity index is 1370. The first kappa shape index (κ1) is 41.3. The minimum atomic E-state index is -2.92. The van der Waals surface area contributed by atoms with Crippen molar-refractivity contribution in [3.8, 4) is 0 Å². The second-order valence-corrected chi connectivity index (χ2v) is 18.6. The number of ether oxygens (including phenoxy) is 4. The van der Waals surface area contributed by atoms with Crippen molar-refractivity contribution in [3.63, 3.8) is 0 Å². The summed E-state index contributed by atoms with van der Waals surface area (Å²) in [5.41, 5.74) is -0.802. The van der Waals surface area contributed by atoms with Gasteiger partial charge in [-0.25, -0.2) is 0 Å². The van der Waals surface area contributed by atoms with Gasteiger partial charge in [0.1, 0.15) is 11.7 Å². The molecule has 0 radical (unpaired) electrons. The Morgan fingerprint density at radius 2 is 1.42 bits per heavy atom. The topological polar surface area (TPSA) is 101 Å². The molecule has 0 spiro atoms. The lowest BCUT2D eigenvalue weighted by molar-refractivity contribution is -0.173. The zero-order chi connectivity index (χ0) is 37.0. The fraction of sp³-hybridized carbons (Fsp3) is 0.575. The van der Waals surface area contributed by atoms with Crippen LogP contribution in [0, 0.1) is 0 Å². The largest absolute Gasteiger partial charge is 0.455 e. The lowest BCUT2D eigenvalue weighted by atomic mass is 9.92. The van der Waals surface area contributed by atoms with Crippen LogP contribution in [0.4, 0.5) is 0 Å². The highest BCUT2D eigenvalue weighted by Crippen LogP contribution is 2.42. The van der Waals surface area contributed by atoms with Crippen molar-refractivity contribution < 1.29 is 37.8 Å². The fourth-order valence-corrected chi connectivity index (χ4v) is 11.2. The highest BCUT2D eigenvalue weighted by molar-refractivity contribution is 6.99. The number of hydrogen-bond acceptors (Lipinski definition) is 8. The van der Waals surface area contributed by atoms with Crippen LogP contribution in [-0.4, -0.2) is 81.3 Å². The second-order valence-electron chi connectivity index (χ2n) is 14.3. The summed E-state index contributed by atoms with van der Waals surface area (Å²) in [6, 6.07) is 20.8. The van der Waals surface area contributed by atoms with Crippen LogP contribution in [0.15, 0.2) is 72.4 Å². The third-order valence-electron chi connectivity index (χ3n) is 9.33. The van der Waals surface area contributed by atoms with E-state index in [2.05, 4.69) is 83.1 Å². The molecule has 2 aromatic rings. The summed E-state index contributed by atoms with van der Waals surface area (Å²) >= 11 is 0. The van der Waals surface area contributed by atoms with Gasteiger partial charge in [-0.3, -0.25) is 19.3 Å². The first-order chi connectivity index (χ1) is 23.7. The van der Waals surface area contributed by atoms with Gasteiger partial charge in [-0.2, -0.15) is 0 Å². The monoisotopic (exact) mass is 709 g/mol. The van der Waals surface area contributed by atoms with Crippen molar-refractivity contribution in [1.82, 2.24) is 4.90 Å². The minimum absolute atomic E-state index is 0.128. The Kier molecular flexibility index (Phi) is 15.6. The number of nitrogens with zero attached hydrogens (tertiary/aromatic N) is 1. The summed E-state index contributed by atoms with van der Waals surface area (Å²) in [5, 5.41) is 2.05. The Labute approximate surface area is 300 Å². The summed E-state index contributed by atoms with van der Waals surface area (Å²) in [6.07, 6.45) is 2.43. The van der Waals surface area contributed by atoms with Crippen molar-refractivity contribution >= 4 is 36.4 Å². The maximum Gasteiger partial charge on any atom is 0.303 e. The molecule has 1 aliphatic heterocycles. The van der Waals surface area contributed by atoms with Gasteiger partial charge >= 0.3 is 5.97 Å². The Morgan fingerprint density at radius 3 is 1.90 bits per heavy atom. The molecule has 4 atom stereocenters. The SMILES string of the molecule is CCCCOC[C@@]1(CCO[Si](c2ccccc2)(c2ccccc2)C(C)(C)C)O[C@@H](N(/C=C(/C)C(C)=O)C(C)=O)[C@@H](OC(C)=O)C1OCCCC. The van der Waals surface area contributed by atoms with Gasteiger partial charge in [0.25, 0.3) is 8.32 Å². The summed E-state index contributed by atoms with van der Waals surface area (Å²) in [6.45, 7) is 18.0. The van der Waals surface area contributed by atoms with E-state index in [1.807, 2.05) is 12.1 Å². The van der Waals surface area contributed by atoms with Crippen molar-refractivity contribution in [2.75, 3.05) is 26.4 Å². The van der Waals surface area contributed by atoms with Crippen LogP contribution in [0.5, 0.6) is 0 Å². The first-order valence-corrected chi connectivity index (χ1v) is 19.9. The van der Waals surface area contributed by atoms with E-state index in [1.54, 1.807) is 6.92 Å². The molecule has 50 heavy (non-hydrogen) atoms. The molecule has 0 N–H and O–H groups in total. The molecule has 1 amide bonds. The molecule has 1 heterocycles. The van der Waals surface area contributed by atoms with Gasteiger partial charge in [0.05, 0.1) is 6.61 Å². The number of Topliss-reactive ketones (excluding diaryl/α,β-unsaturated/α-hetero) is 1. The van der Waals surface area contributed by atoms with Gasteiger partial charge in [-0.1, -0.05) is 108 Å². The van der Waals surface area contributed by atoms with E-state index in [0.29, 0.717) is 25.2 Å². The van der Waals surface area contributed by atoms with Crippen molar-refractivity contribution in [3.05, 3.63) is 72.4 Å². The number of benzene rings is 2. The average molecular weight is 710 g/mol. The zero-order valence-corrected chi connectivity index (χ0v) is 32.7. The predicted octanol–water partition coefficient (Wildman–Crippen LogP) is 6.32. The molecule has 0 aromatic heterocycles. The van der Waals surface area contributed by atoms with Gasteiger partial charge < -0.3 is 23.4 Å². The Balaban J connectivity index is 2.18. The number of carbonyl (C=O) groups excluding carboxylic acids is 3. The van der Waals surface area contributed by atoms with Crippen LogP contribution in [0.3, 0.4) is 0 Å². The van der Waals surface area contributed by atoms with Crippen molar-refractivity contribution in [2.24, 2.45) is 0 Å². The van der Waals surface area contributed by atoms with Crippen LogP contribution in [0.25, 0.3) is 0 Å². The van der Waals surface area contributed by atoms with Crippen LogP contribution in [0.2, 0.25) is 5.04 Å². The molecular formula is C40H59NO8Si. The number of carbonyl (C=O) groups is 3. The van der Waals surface area contributed by atoms with Crippen LogP contribution >= 0.6 is 0 Å². The fourth-order valence-electron chi connectivity index (χ4n) is 6.61. The number of ketones is 1. The average Bonchev–Trinajstić information content (AvgIpc) is 3.35. The summed E-state index contributed by atoms with van der Waals surface area (Å²) in [5.74, 6) is -1.09. The number of hydrogen-bond donors (Lipinski definition) is 0. The van der Waals surface area contributed by atoms with E-state index >= 15 is 0 Å². The van der Waals surface area contributed by atoms with E-state index in [4.69, 9.17) is 23.4 Å². The zero-order valence-electron chi connectivity index (χ0n) is 31.7. The van der Waals surface area contributed by atoms with E-state index in [-0.39, 0.29) is 29.9 Å². The number of esters is 1. The van der Waals surface area contributed by atoms with E-state index in [0.717, 1.165) is 36.1 Å². The summed E-state index contributed by atoms with van der Waals surface area (Å²) in [4.78, 5) is 39.5. The number of amides is 1. The number of rotatable bonds is 19. The smallest absolute Gasteiger partial charge is 0.303 e. The van der Waals surface area contributed by atoms with Crippen LogP contribution in [-0.2, 0) is 37.8 Å². The third-order valence-corrected chi connectivity index (χ3v) is 14.4. The van der Waals surface area contributed by atoms with Gasteiger partial charge in [-0.15, -0.1) is 0 Å². The molecule has 9 nitrogen and oxygen atoms in total. The highest BCUT2D eigenvalue weighted by atomic mass is 28.4. The standard InChI is InChI=1S/C40H59NO8Si/c1-10-12-25-45-29-40(24-27-47-50(39(7,8)9,34-20-16-14-17-21-34)35-22-18-15-19-23-35)37(46-26-13-11-2)36(48-33(6)44)38(49-40)41(32(5)43)28-30(3)31(4)42/h14-23,28,36-38H,10-13,24-27,29H2,1-9H3/b30-28-/t36-,37?,38+,40+/m0/s1. The lowest BCUT2D eigenvalue weighted by Crippen LogP contribution is -2.67. The molecule has 10 heteroatoms. The molecule has 1 aliphatic rings. The minimum Gasteiger partial charge on any atom is -0.455 e. The molecule has 1 unspecified atom stereocenters. The third kappa shape index (κ3) is 10.0. The summed E-state index contributed by atoms with van der Waals surface area (Å²) in [7, 11) is -2.92. The normalized spacial score (nSPS) is 21.2. The molecule has 1 fully saturated rings. The molecular weight excluding hydrogens is 651 g/mol. The van der Waals surface area contributed by atoms with Crippen molar-refractivity contribution in [1.29, 1.82) is 0 Å². The second kappa shape index (κ2) is 18.9. The Morgan fingerprint density at radius 1 is 0.860 bits per heavy atom. The number of allylic oxidation sites excluding steroid dienone is 1. The summed E-state index contributed by atoms with van der Waals surface area (Å²) < 4.78 is 33.2. The number of unbranched alkanes of at least 4 members (excludes halogenated alkanes) is 2. The maximum absolute atomic E-state index is 13.2. The van der Waals surface area contributed by atoms with E-state index in [9.17, 15) is 14.4 Å². The molecule has 1 saturated heterocycles. The Hall–Kier alpha value is -3.15. The quantitative estimate of drug-likeness (QED) is 0.0723. The molecule has 276 valence electrons. The maximum atomic E-state index is 13.2. The van der Waals surface area contributed by atoms with Gasteiger partial charge in [-0.05, 0) is 42.1 Å². The predicted molar refractivity (Wildman–Crippen MR) is 199 cm³/mol. The lowest BCUT2D eigenvalue weighted by Gasteiger charge is -2.44.